The van der Waals surface area contributed by atoms with Gasteiger partial charge in [0, 0.05) is 6.07 Å². The van der Waals surface area contributed by atoms with Crippen LogP contribution >= 0.6 is 0 Å². The number of ether oxygens (including phenoxy) is 3. The zero-order chi connectivity index (χ0) is 20.5. The fourth-order valence-corrected chi connectivity index (χ4v) is 2.19. The number of phenols is 1. The van der Waals surface area contributed by atoms with E-state index in [9.17, 15) is 14.7 Å². The summed E-state index contributed by atoms with van der Waals surface area (Å²) in [6.45, 7) is 2.18. The number of anilines is 1. The van der Waals surface area contributed by atoms with Crippen molar-refractivity contribution in [2.75, 3.05) is 26.1 Å². The summed E-state index contributed by atoms with van der Waals surface area (Å²) in [5.74, 6) is -0.741. The van der Waals surface area contributed by atoms with Crippen LogP contribution in [-0.4, -0.2) is 44.0 Å². The Hall–Kier alpha value is -3.75. The summed E-state index contributed by atoms with van der Waals surface area (Å²) in [7, 11) is 2.92. The second-order valence-corrected chi connectivity index (χ2v) is 5.38. The number of nitrogens with one attached hydrogen (secondary N) is 2. The molecule has 0 radical (unpaired) electrons. The molecule has 0 fully saturated rings. The lowest BCUT2D eigenvalue weighted by molar-refractivity contribution is -0.136. The van der Waals surface area contributed by atoms with Gasteiger partial charge in [0.05, 0.1) is 32.7 Å². The molecule has 0 atom stereocenters. The number of methoxy groups -OCH3 is 2. The van der Waals surface area contributed by atoms with Crippen LogP contribution in [0, 0.1) is 0 Å². The average Bonchev–Trinajstić information content (AvgIpc) is 2.70. The van der Waals surface area contributed by atoms with Crippen LogP contribution in [0.3, 0.4) is 0 Å². The van der Waals surface area contributed by atoms with Crippen molar-refractivity contribution >= 4 is 23.7 Å². The predicted octanol–water partition coefficient (Wildman–Crippen LogP) is 1.90. The van der Waals surface area contributed by atoms with Gasteiger partial charge in [-0.25, -0.2) is 5.43 Å². The van der Waals surface area contributed by atoms with Crippen molar-refractivity contribution in [2.24, 2.45) is 5.10 Å². The molecule has 0 aliphatic carbocycles. The highest BCUT2D eigenvalue weighted by Gasteiger charge is 2.16. The topological polar surface area (TPSA) is 118 Å². The van der Waals surface area contributed by atoms with E-state index in [1.807, 2.05) is 0 Å². The van der Waals surface area contributed by atoms with Gasteiger partial charge in [-0.1, -0.05) is 0 Å². The Morgan fingerprint density at radius 3 is 2.54 bits per heavy atom. The van der Waals surface area contributed by atoms with Gasteiger partial charge >= 0.3 is 11.8 Å². The molecule has 0 saturated heterocycles. The third-order valence-corrected chi connectivity index (χ3v) is 3.52. The maximum atomic E-state index is 12.1. The fourth-order valence-electron chi connectivity index (χ4n) is 2.19. The minimum Gasteiger partial charge on any atom is -0.504 e. The number of benzene rings is 2. The standard InChI is InChI=1S/C19H21N3O6/c1-4-28-17-9-12(5-7-15(17)23)11-20-22-19(25)18(24)21-14-10-13(26-2)6-8-16(14)27-3/h5-11,23H,4H2,1-3H3,(H,21,24)(H,22,25)/b20-11-. The summed E-state index contributed by atoms with van der Waals surface area (Å²) in [5.41, 5.74) is 2.98. The molecule has 0 spiro atoms. The van der Waals surface area contributed by atoms with Crippen LogP contribution < -0.4 is 25.0 Å². The molecule has 0 aromatic heterocycles. The monoisotopic (exact) mass is 387 g/mol. The molecule has 2 amide bonds. The van der Waals surface area contributed by atoms with Gasteiger partial charge in [-0.15, -0.1) is 0 Å². The molecule has 2 aromatic carbocycles. The zero-order valence-corrected chi connectivity index (χ0v) is 15.7. The van der Waals surface area contributed by atoms with E-state index in [2.05, 4.69) is 15.8 Å². The first kappa shape index (κ1) is 20.6. The number of nitrogens with zero attached hydrogens (tertiary/aromatic N) is 1. The van der Waals surface area contributed by atoms with Crippen molar-refractivity contribution in [3.8, 4) is 23.0 Å². The number of carbonyl (C=O) groups excluding carboxylic acids is 2. The Labute approximate surface area is 161 Å². The van der Waals surface area contributed by atoms with Crippen molar-refractivity contribution in [1.82, 2.24) is 5.43 Å². The lowest BCUT2D eigenvalue weighted by Crippen LogP contribution is -2.32. The summed E-state index contributed by atoms with van der Waals surface area (Å²) >= 11 is 0. The fraction of sp³-hybridized carbons (Fsp3) is 0.211. The van der Waals surface area contributed by atoms with E-state index >= 15 is 0 Å². The Morgan fingerprint density at radius 2 is 1.86 bits per heavy atom. The van der Waals surface area contributed by atoms with Gasteiger partial charge in [0.25, 0.3) is 0 Å². The number of rotatable bonds is 7. The van der Waals surface area contributed by atoms with Crippen LogP contribution in [0.5, 0.6) is 23.0 Å². The van der Waals surface area contributed by atoms with Gasteiger partial charge in [0.2, 0.25) is 0 Å². The number of hydrogen-bond acceptors (Lipinski definition) is 7. The van der Waals surface area contributed by atoms with Crippen LogP contribution in [-0.2, 0) is 9.59 Å². The summed E-state index contributed by atoms with van der Waals surface area (Å²) in [5, 5.41) is 15.8. The van der Waals surface area contributed by atoms with E-state index in [0.29, 0.717) is 29.4 Å². The highest BCUT2D eigenvalue weighted by Crippen LogP contribution is 2.29. The molecular weight excluding hydrogens is 366 g/mol. The molecule has 0 saturated carbocycles. The maximum absolute atomic E-state index is 12.1. The number of phenolic OH excluding ortho intramolecular Hbond substituents is 1. The van der Waals surface area contributed by atoms with E-state index in [0.717, 1.165) is 0 Å². The second-order valence-electron chi connectivity index (χ2n) is 5.38. The third kappa shape index (κ3) is 5.37. The first-order valence-electron chi connectivity index (χ1n) is 8.30. The quantitative estimate of drug-likeness (QED) is 0.379. The Balaban J connectivity index is 2.00. The smallest absolute Gasteiger partial charge is 0.329 e. The molecule has 0 aliphatic heterocycles. The summed E-state index contributed by atoms with van der Waals surface area (Å²) < 4.78 is 15.5. The number of aromatic hydroxyl groups is 1. The first-order chi connectivity index (χ1) is 13.5. The molecule has 9 nitrogen and oxygen atoms in total. The average molecular weight is 387 g/mol. The SMILES string of the molecule is CCOc1cc(/C=N\NC(=O)C(=O)Nc2cc(OC)ccc2OC)ccc1O. The van der Waals surface area contributed by atoms with E-state index < -0.39 is 11.8 Å². The molecule has 0 bridgehead atoms. The van der Waals surface area contributed by atoms with E-state index in [1.165, 1.54) is 32.6 Å². The molecule has 148 valence electrons. The second kappa shape index (κ2) is 9.81. The van der Waals surface area contributed by atoms with E-state index in [-0.39, 0.29) is 11.4 Å². The summed E-state index contributed by atoms with van der Waals surface area (Å²) in [4.78, 5) is 24.0. The van der Waals surface area contributed by atoms with E-state index in [4.69, 9.17) is 14.2 Å². The molecule has 2 aromatic rings. The normalized spacial score (nSPS) is 10.4. The third-order valence-electron chi connectivity index (χ3n) is 3.52. The molecule has 0 unspecified atom stereocenters. The van der Waals surface area contributed by atoms with Gasteiger partial charge in [0.1, 0.15) is 11.5 Å². The first-order valence-corrected chi connectivity index (χ1v) is 8.30. The molecule has 0 heterocycles. The van der Waals surface area contributed by atoms with E-state index in [1.54, 1.807) is 31.2 Å². The van der Waals surface area contributed by atoms with Crippen LogP contribution in [0.4, 0.5) is 5.69 Å². The lowest BCUT2D eigenvalue weighted by atomic mass is 10.2. The van der Waals surface area contributed by atoms with Gasteiger partial charge in [-0.3, -0.25) is 9.59 Å². The van der Waals surface area contributed by atoms with Crippen molar-refractivity contribution in [3.63, 3.8) is 0 Å². The maximum Gasteiger partial charge on any atom is 0.329 e. The number of amides is 2. The van der Waals surface area contributed by atoms with Crippen LogP contribution in [0.1, 0.15) is 12.5 Å². The minimum atomic E-state index is -0.968. The van der Waals surface area contributed by atoms with Crippen LogP contribution in [0.2, 0.25) is 0 Å². The molecule has 9 heteroatoms. The zero-order valence-electron chi connectivity index (χ0n) is 15.7. The summed E-state index contributed by atoms with van der Waals surface area (Å²) in [6.07, 6.45) is 1.32. The van der Waals surface area contributed by atoms with Crippen molar-refractivity contribution in [3.05, 3.63) is 42.0 Å². The Morgan fingerprint density at radius 1 is 1.07 bits per heavy atom. The molecule has 2 rings (SSSR count). The largest absolute Gasteiger partial charge is 0.504 e. The minimum absolute atomic E-state index is 0.00495. The van der Waals surface area contributed by atoms with Crippen molar-refractivity contribution < 1.29 is 28.9 Å². The van der Waals surface area contributed by atoms with Gasteiger partial charge in [-0.2, -0.15) is 5.10 Å². The van der Waals surface area contributed by atoms with Crippen LogP contribution in [0.25, 0.3) is 0 Å². The highest BCUT2D eigenvalue weighted by molar-refractivity contribution is 6.39. The Bertz CT molecular complexity index is 882. The summed E-state index contributed by atoms with van der Waals surface area (Å²) in [6, 6.07) is 9.36. The van der Waals surface area contributed by atoms with Crippen LogP contribution in [0.15, 0.2) is 41.5 Å². The predicted molar refractivity (Wildman–Crippen MR) is 103 cm³/mol. The van der Waals surface area contributed by atoms with Crippen molar-refractivity contribution in [1.29, 1.82) is 0 Å². The molecule has 28 heavy (non-hydrogen) atoms. The van der Waals surface area contributed by atoms with Crippen molar-refractivity contribution in [2.45, 2.75) is 6.92 Å². The van der Waals surface area contributed by atoms with Gasteiger partial charge < -0.3 is 24.6 Å². The van der Waals surface area contributed by atoms with Gasteiger partial charge in [-0.05, 0) is 42.8 Å². The number of hydrogen-bond donors (Lipinski definition) is 3. The molecule has 0 aliphatic rings. The number of hydrazone groups is 1. The molecular formula is C19H21N3O6. The molecule has 3 N–H and O–H groups in total. The number of carbonyl (C=O) groups is 2. The van der Waals surface area contributed by atoms with Gasteiger partial charge in [0.15, 0.2) is 11.5 Å². The Kier molecular flexibility index (Phi) is 7.21. The lowest BCUT2D eigenvalue weighted by Gasteiger charge is -2.11. The highest BCUT2D eigenvalue weighted by atomic mass is 16.5.